The van der Waals surface area contributed by atoms with Gasteiger partial charge in [-0.3, -0.25) is 0 Å². The van der Waals surface area contributed by atoms with Crippen molar-refractivity contribution in [3.05, 3.63) is 22.8 Å². The number of carbonyl (C=O) groups is 2. The second kappa shape index (κ2) is 5.49. The molecule has 0 aliphatic heterocycles. The Morgan fingerprint density at radius 2 is 1.88 bits per heavy atom. The molecule has 0 aromatic carbocycles. The van der Waals surface area contributed by atoms with Crippen LogP contribution in [-0.4, -0.2) is 24.2 Å². The molecule has 1 rings (SSSR count). The van der Waals surface area contributed by atoms with E-state index in [2.05, 4.69) is 0 Å². The summed E-state index contributed by atoms with van der Waals surface area (Å²) in [7, 11) is 1.31. The van der Waals surface area contributed by atoms with Gasteiger partial charge in [0.25, 0.3) is 0 Å². The molecule has 0 bridgehead atoms. The van der Waals surface area contributed by atoms with Gasteiger partial charge in [0.15, 0.2) is 0 Å². The Morgan fingerprint density at radius 3 is 2.31 bits per heavy atom. The second-order valence-electron chi connectivity index (χ2n) is 3.84. The number of aliphatic carboxylic acids is 1. The molecule has 4 heteroatoms. The van der Waals surface area contributed by atoms with E-state index in [1.54, 1.807) is 6.92 Å². The number of carboxylic acids is 1. The summed E-state index contributed by atoms with van der Waals surface area (Å²) in [5, 5.41) is 8.68. The number of rotatable bonds is 3. The van der Waals surface area contributed by atoms with Gasteiger partial charge < -0.3 is 9.84 Å². The van der Waals surface area contributed by atoms with Crippen LogP contribution in [-0.2, 0) is 14.3 Å². The summed E-state index contributed by atoms with van der Waals surface area (Å²) in [4.78, 5) is 22.2. The van der Waals surface area contributed by atoms with Crippen LogP contribution in [0.1, 0.15) is 32.6 Å². The number of hydrogen-bond acceptors (Lipinski definition) is 3. The van der Waals surface area contributed by atoms with E-state index in [1.165, 1.54) is 7.11 Å². The van der Waals surface area contributed by atoms with Gasteiger partial charge in [-0.15, -0.1) is 0 Å². The zero-order valence-corrected chi connectivity index (χ0v) is 9.58. The Hall–Kier alpha value is -1.58. The zero-order valence-electron chi connectivity index (χ0n) is 9.58. The van der Waals surface area contributed by atoms with Gasteiger partial charge in [-0.1, -0.05) is 5.57 Å². The lowest BCUT2D eigenvalue weighted by atomic mass is 9.99. The van der Waals surface area contributed by atoms with Gasteiger partial charge in [0.2, 0.25) is 0 Å². The highest BCUT2D eigenvalue weighted by molar-refractivity contribution is 5.96. The molecule has 0 amide bonds. The lowest BCUT2D eigenvalue weighted by Crippen LogP contribution is -2.09. The monoisotopic (exact) mass is 224 g/mol. The topological polar surface area (TPSA) is 63.6 Å². The molecule has 1 N–H and O–H groups in total. The van der Waals surface area contributed by atoms with Crippen LogP contribution in [0.2, 0.25) is 0 Å². The summed E-state index contributed by atoms with van der Waals surface area (Å²) in [5.41, 5.74) is 1.93. The molecule has 1 fully saturated rings. The molecule has 0 atom stereocenters. The van der Waals surface area contributed by atoms with Crippen molar-refractivity contribution in [2.45, 2.75) is 32.6 Å². The SMILES string of the molecule is COC(=O)C(=C1CCCC1)/C(C)=C/C(=O)O. The summed E-state index contributed by atoms with van der Waals surface area (Å²) in [6, 6.07) is 0. The number of hydrogen-bond donors (Lipinski definition) is 1. The highest BCUT2D eigenvalue weighted by Gasteiger charge is 2.20. The van der Waals surface area contributed by atoms with Crippen LogP contribution in [0.3, 0.4) is 0 Å². The number of allylic oxidation sites excluding steroid dienone is 1. The van der Waals surface area contributed by atoms with Gasteiger partial charge in [-0.25, -0.2) is 9.59 Å². The van der Waals surface area contributed by atoms with E-state index >= 15 is 0 Å². The van der Waals surface area contributed by atoms with Crippen molar-refractivity contribution >= 4 is 11.9 Å². The molecule has 0 unspecified atom stereocenters. The van der Waals surface area contributed by atoms with Crippen molar-refractivity contribution in [1.29, 1.82) is 0 Å². The molecule has 0 aromatic heterocycles. The third-order valence-corrected chi connectivity index (χ3v) is 2.68. The minimum Gasteiger partial charge on any atom is -0.478 e. The Balaban J connectivity index is 3.10. The van der Waals surface area contributed by atoms with Crippen LogP contribution < -0.4 is 0 Å². The Labute approximate surface area is 94.6 Å². The summed E-state index contributed by atoms with van der Waals surface area (Å²) in [6.45, 7) is 1.63. The maximum atomic E-state index is 11.6. The third-order valence-electron chi connectivity index (χ3n) is 2.68. The smallest absolute Gasteiger partial charge is 0.338 e. The highest BCUT2D eigenvalue weighted by Crippen LogP contribution is 2.30. The summed E-state index contributed by atoms with van der Waals surface area (Å²) in [5.74, 6) is -1.48. The van der Waals surface area contributed by atoms with Gasteiger partial charge in [0, 0.05) is 6.08 Å². The molecule has 0 spiro atoms. The summed E-state index contributed by atoms with van der Waals surface area (Å²) in [6.07, 6.45) is 4.87. The minimum absolute atomic E-state index is 0.438. The zero-order chi connectivity index (χ0) is 12.1. The largest absolute Gasteiger partial charge is 0.478 e. The van der Waals surface area contributed by atoms with Crippen LogP contribution in [0.25, 0.3) is 0 Å². The first-order valence-corrected chi connectivity index (χ1v) is 5.28. The van der Waals surface area contributed by atoms with E-state index < -0.39 is 11.9 Å². The Bertz CT molecular complexity index is 355. The molecule has 1 aliphatic rings. The summed E-state index contributed by atoms with van der Waals surface area (Å²) >= 11 is 0. The van der Waals surface area contributed by atoms with Gasteiger partial charge >= 0.3 is 11.9 Å². The van der Waals surface area contributed by atoms with E-state index in [0.29, 0.717) is 11.1 Å². The fourth-order valence-corrected chi connectivity index (χ4v) is 2.00. The maximum absolute atomic E-state index is 11.6. The first-order valence-electron chi connectivity index (χ1n) is 5.28. The third kappa shape index (κ3) is 2.95. The van der Waals surface area contributed by atoms with Crippen molar-refractivity contribution in [3.8, 4) is 0 Å². The van der Waals surface area contributed by atoms with Crippen molar-refractivity contribution < 1.29 is 19.4 Å². The molecule has 1 aliphatic carbocycles. The molecule has 88 valence electrons. The number of esters is 1. The standard InChI is InChI=1S/C12H16O4/c1-8(7-10(13)14)11(12(15)16-2)9-5-3-4-6-9/h7H,3-6H2,1-2H3,(H,13,14)/b8-7+. The maximum Gasteiger partial charge on any atom is 0.338 e. The molecule has 0 heterocycles. The van der Waals surface area contributed by atoms with Crippen molar-refractivity contribution in [2.75, 3.05) is 7.11 Å². The van der Waals surface area contributed by atoms with Gasteiger partial charge in [-0.05, 0) is 38.2 Å². The van der Waals surface area contributed by atoms with Gasteiger partial charge in [-0.2, -0.15) is 0 Å². The lowest BCUT2D eigenvalue weighted by molar-refractivity contribution is -0.135. The number of carboxylic acid groups (broad SMARTS) is 1. The van der Waals surface area contributed by atoms with Crippen LogP contribution in [0.15, 0.2) is 22.8 Å². The van der Waals surface area contributed by atoms with Crippen LogP contribution in [0.4, 0.5) is 0 Å². The number of carbonyl (C=O) groups excluding carboxylic acids is 1. The van der Waals surface area contributed by atoms with Crippen molar-refractivity contribution in [2.24, 2.45) is 0 Å². The van der Waals surface area contributed by atoms with E-state index in [1.807, 2.05) is 0 Å². The lowest BCUT2D eigenvalue weighted by Gasteiger charge is -2.09. The van der Waals surface area contributed by atoms with Crippen LogP contribution in [0.5, 0.6) is 0 Å². The summed E-state index contributed by atoms with van der Waals surface area (Å²) < 4.78 is 4.70. The fourth-order valence-electron chi connectivity index (χ4n) is 2.00. The molecular formula is C12H16O4. The minimum atomic E-state index is -1.04. The van der Waals surface area contributed by atoms with Gasteiger partial charge in [0.05, 0.1) is 12.7 Å². The molecule has 4 nitrogen and oxygen atoms in total. The van der Waals surface area contributed by atoms with E-state index in [4.69, 9.17) is 9.84 Å². The van der Waals surface area contributed by atoms with Crippen molar-refractivity contribution in [3.63, 3.8) is 0 Å². The van der Waals surface area contributed by atoms with Crippen molar-refractivity contribution in [1.82, 2.24) is 0 Å². The molecule has 0 saturated heterocycles. The van der Waals surface area contributed by atoms with Crippen LogP contribution in [0, 0.1) is 0 Å². The normalized spacial score (nSPS) is 16.1. The fraction of sp³-hybridized carbons (Fsp3) is 0.500. The van der Waals surface area contributed by atoms with E-state index in [9.17, 15) is 9.59 Å². The Morgan fingerprint density at radius 1 is 1.31 bits per heavy atom. The molecular weight excluding hydrogens is 208 g/mol. The van der Waals surface area contributed by atoms with E-state index in [-0.39, 0.29) is 0 Å². The van der Waals surface area contributed by atoms with Gasteiger partial charge in [0.1, 0.15) is 0 Å². The van der Waals surface area contributed by atoms with Crippen LogP contribution >= 0.6 is 0 Å². The highest BCUT2D eigenvalue weighted by atomic mass is 16.5. The van der Waals surface area contributed by atoms with E-state index in [0.717, 1.165) is 37.3 Å². The first-order chi connectivity index (χ1) is 7.56. The molecule has 0 radical (unpaired) electrons. The number of ether oxygens (including phenoxy) is 1. The second-order valence-corrected chi connectivity index (χ2v) is 3.84. The molecule has 0 aromatic rings. The average molecular weight is 224 g/mol. The molecule has 1 saturated carbocycles. The number of methoxy groups -OCH3 is 1. The Kier molecular flexibility index (Phi) is 4.28. The first kappa shape index (κ1) is 12.5. The quantitative estimate of drug-likeness (QED) is 0.588. The molecule has 16 heavy (non-hydrogen) atoms. The predicted octanol–water partition coefficient (Wildman–Crippen LogP) is 2.06. The predicted molar refractivity (Wildman–Crippen MR) is 58.9 cm³/mol. The average Bonchev–Trinajstić information content (AvgIpc) is 2.69.